The van der Waals surface area contributed by atoms with Gasteiger partial charge in [-0.1, -0.05) is 5.92 Å². The Hall–Kier alpha value is -0.790. The van der Waals surface area contributed by atoms with Gasteiger partial charge >= 0.3 is 0 Å². The fourth-order valence-electron chi connectivity index (χ4n) is 0.807. The predicted molar refractivity (Wildman–Crippen MR) is 44.7 cm³/mol. The number of terminal acetylenes is 1. The van der Waals surface area contributed by atoms with E-state index in [-0.39, 0.29) is 0 Å². The van der Waals surface area contributed by atoms with Crippen LogP contribution in [0.1, 0.15) is 11.8 Å². The summed E-state index contributed by atoms with van der Waals surface area (Å²) in [5.41, 5.74) is 0.604. The predicted octanol–water partition coefficient (Wildman–Crippen LogP) is 0.849. The van der Waals surface area contributed by atoms with Gasteiger partial charge in [0.2, 0.25) is 0 Å². The minimum Gasteiger partial charge on any atom is -0.374 e. The molecule has 0 saturated heterocycles. The van der Waals surface area contributed by atoms with Crippen LogP contribution in [0, 0.1) is 12.3 Å². The monoisotopic (exact) mass is 214 g/mol. The van der Waals surface area contributed by atoms with Gasteiger partial charge in [0, 0.05) is 7.05 Å². The lowest BCUT2D eigenvalue weighted by atomic mass is 10.3. The topological polar surface area (TPSA) is 38.1 Å². The smallest absolute Gasteiger partial charge is 0.157 e. The van der Waals surface area contributed by atoms with Crippen molar-refractivity contribution in [3.05, 3.63) is 16.4 Å². The second kappa shape index (κ2) is 3.07. The van der Waals surface area contributed by atoms with Gasteiger partial charge in [-0.3, -0.25) is 4.68 Å². The van der Waals surface area contributed by atoms with Crippen LogP contribution in [0.4, 0.5) is 0 Å². The van der Waals surface area contributed by atoms with Gasteiger partial charge in [0.25, 0.3) is 0 Å². The third kappa shape index (κ3) is 1.44. The standard InChI is InChI=1S/C7H7BrN2O/c1-3-6(11)7-5(8)4-9-10(7)2/h1,4,6,11H,2H3. The molecule has 1 N–H and O–H groups in total. The third-order valence-electron chi connectivity index (χ3n) is 1.35. The number of aromatic nitrogens is 2. The van der Waals surface area contributed by atoms with Crippen molar-refractivity contribution >= 4 is 15.9 Å². The van der Waals surface area contributed by atoms with Crippen molar-refractivity contribution in [1.29, 1.82) is 0 Å². The minimum absolute atomic E-state index is 0.604. The highest BCUT2D eigenvalue weighted by Gasteiger charge is 2.12. The summed E-state index contributed by atoms with van der Waals surface area (Å²) in [7, 11) is 1.72. The minimum atomic E-state index is -0.892. The van der Waals surface area contributed by atoms with Gasteiger partial charge in [0.15, 0.2) is 6.10 Å². The molecule has 0 bridgehead atoms. The number of hydrogen-bond acceptors (Lipinski definition) is 2. The molecule has 1 aromatic heterocycles. The molecule has 11 heavy (non-hydrogen) atoms. The average molecular weight is 215 g/mol. The van der Waals surface area contributed by atoms with Gasteiger partial charge in [-0.15, -0.1) is 6.42 Å². The zero-order valence-electron chi connectivity index (χ0n) is 5.95. The molecule has 0 saturated carbocycles. The summed E-state index contributed by atoms with van der Waals surface area (Å²) in [5, 5.41) is 13.2. The van der Waals surface area contributed by atoms with E-state index in [4.69, 9.17) is 6.42 Å². The molecule has 0 spiro atoms. The van der Waals surface area contributed by atoms with E-state index < -0.39 is 6.10 Å². The van der Waals surface area contributed by atoms with E-state index in [9.17, 15) is 5.11 Å². The summed E-state index contributed by atoms with van der Waals surface area (Å²) in [6.45, 7) is 0. The fraction of sp³-hybridized carbons (Fsp3) is 0.286. The molecule has 1 heterocycles. The van der Waals surface area contributed by atoms with E-state index in [1.165, 1.54) is 4.68 Å². The molecule has 58 valence electrons. The van der Waals surface area contributed by atoms with Crippen LogP contribution in [0.5, 0.6) is 0 Å². The van der Waals surface area contributed by atoms with Gasteiger partial charge in [-0.05, 0) is 15.9 Å². The van der Waals surface area contributed by atoms with Crippen LogP contribution in [0.15, 0.2) is 10.7 Å². The Morgan fingerprint density at radius 1 is 1.91 bits per heavy atom. The number of aliphatic hydroxyl groups is 1. The molecule has 1 rings (SSSR count). The van der Waals surface area contributed by atoms with Crippen molar-refractivity contribution in [2.75, 3.05) is 0 Å². The fourth-order valence-corrected chi connectivity index (χ4v) is 1.37. The van der Waals surface area contributed by atoms with Crippen LogP contribution in [0.3, 0.4) is 0 Å². The Balaban J connectivity index is 3.12. The highest BCUT2D eigenvalue weighted by molar-refractivity contribution is 9.10. The summed E-state index contributed by atoms with van der Waals surface area (Å²) in [6, 6.07) is 0. The van der Waals surface area contributed by atoms with Crippen LogP contribution >= 0.6 is 15.9 Å². The van der Waals surface area contributed by atoms with Crippen LogP contribution < -0.4 is 0 Å². The zero-order chi connectivity index (χ0) is 8.43. The van der Waals surface area contributed by atoms with E-state index in [0.29, 0.717) is 5.69 Å². The number of halogens is 1. The first-order valence-electron chi connectivity index (χ1n) is 2.98. The zero-order valence-corrected chi connectivity index (χ0v) is 7.54. The van der Waals surface area contributed by atoms with E-state index in [2.05, 4.69) is 26.9 Å². The van der Waals surface area contributed by atoms with Gasteiger partial charge in [0.05, 0.1) is 16.4 Å². The van der Waals surface area contributed by atoms with Crippen LogP contribution in [0.25, 0.3) is 0 Å². The van der Waals surface area contributed by atoms with Gasteiger partial charge < -0.3 is 5.11 Å². The number of aryl methyl sites for hydroxylation is 1. The molecular weight excluding hydrogens is 208 g/mol. The highest BCUT2D eigenvalue weighted by atomic mass is 79.9. The van der Waals surface area contributed by atoms with Gasteiger partial charge in [0.1, 0.15) is 0 Å². The third-order valence-corrected chi connectivity index (χ3v) is 1.97. The van der Waals surface area contributed by atoms with Crippen LogP contribution in [-0.2, 0) is 7.05 Å². The molecule has 0 aliphatic carbocycles. The maximum absolute atomic E-state index is 9.25. The number of aliphatic hydroxyl groups excluding tert-OH is 1. The number of hydrogen-bond donors (Lipinski definition) is 1. The molecule has 0 fully saturated rings. The van der Waals surface area contributed by atoms with E-state index in [1.807, 2.05) is 0 Å². The normalized spacial score (nSPS) is 12.5. The van der Waals surface area contributed by atoms with Crippen LogP contribution in [0.2, 0.25) is 0 Å². The quantitative estimate of drug-likeness (QED) is 0.705. The number of nitrogens with zero attached hydrogens (tertiary/aromatic N) is 2. The van der Waals surface area contributed by atoms with Crippen LogP contribution in [-0.4, -0.2) is 14.9 Å². The van der Waals surface area contributed by atoms with Crippen molar-refractivity contribution in [2.45, 2.75) is 6.10 Å². The molecule has 0 aromatic carbocycles. The maximum Gasteiger partial charge on any atom is 0.157 e. The molecule has 1 unspecified atom stereocenters. The first kappa shape index (κ1) is 8.31. The van der Waals surface area contributed by atoms with Gasteiger partial charge in [-0.25, -0.2) is 0 Å². The Labute approximate surface area is 73.2 Å². The molecule has 1 aromatic rings. The largest absolute Gasteiger partial charge is 0.374 e. The van der Waals surface area contributed by atoms with Crippen molar-refractivity contribution in [1.82, 2.24) is 9.78 Å². The summed E-state index contributed by atoms with van der Waals surface area (Å²) in [6.07, 6.45) is 5.74. The summed E-state index contributed by atoms with van der Waals surface area (Å²) in [5.74, 6) is 2.21. The lowest BCUT2D eigenvalue weighted by Gasteiger charge is -2.03. The lowest BCUT2D eigenvalue weighted by molar-refractivity contribution is 0.227. The summed E-state index contributed by atoms with van der Waals surface area (Å²) < 4.78 is 2.26. The van der Waals surface area contributed by atoms with E-state index in [0.717, 1.165) is 4.47 Å². The Kier molecular flexibility index (Phi) is 2.32. The highest BCUT2D eigenvalue weighted by Crippen LogP contribution is 2.21. The van der Waals surface area contributed by atoms with Crippen molar-refractivity contribution in [3.8, 4) is 12.3 Å². The van der Waals surface area contributed by atoms with Crippen molar-refractivity contribution in [3.63, 3.8) is 0 Å². The number of rotatable bonds is 1. The molecule has 0 amide bonds. The molecule has 3 nitrogen and oxygen atoms in total. The first-order chi connectivity index (χ1) is 5.16. The summed E-state index contributed by atoms with van der Waals surface area (Å²) >= 11 is 3.22. The van der Waals surface area contributed by atoms with Crippen molar-refractivity contribution < 1.29 is 5.11 Å². The lowest BCUT2D eigenvalue weighted by Crippen LogP contribution is -2.03. The molecule has 0 aliphatic heterocycles. The molecule has 0 radical (unpaired) electrons. The SMILES string of the molecule is C#CC(O)c1c(Br)cnn1C. The maximum atomic E-state index is 9.25. The van der Waals surface area contributed by atoms with Gasteiger partial charge in [-0.2, -0.15) is 5.10 Å². The average Bonchev–Trinajstić information content (AvgIpc) is 2.30. The molecular formula is C7H7BrN2O. The van der Waals surface area contributed by atoms with Crippen molar-refractivity contribution in [2.24, 2.45) is 7.05 Å². The molecule has 0 aliphatic rings. The second-order valence-corrected chi connectivity index (χ2v) is 2.92. The summed E-state index contributed by atoms with van der Waals surface area (Å²) in [4.78, 5) is 0. The Bertz CT molecular complexity index is 280. The molecule has 4 heteroatoms. The second-order valence-electron chi connectivity index (χ2n) is 2.07. The Morgan fingerprint density at radius 2 is 2.55 bits per heavy atom. The Morgan fingerprint density at radius 3 is 2.91 bits per heavy atom. The molecule has 1 atom stereocenters. The van der Waals surface area contributed by atoms with E-state index in [1.54, 1.807) is 13.2 Å². The van der Waals surface area contributed by atoms with E-state index >= 15 is 0 Å². The first-order valence-corrected chi connectivity index (χ1v) is 3.77.